The number of rotatable bonds is 4. The summed E-state index contributed by atoms with van der Waals surface area (Å²) in [6.07, 6.45) is 5.08. The minimum atomic E-state index is -1.56. The van der Waals surface area contributed by atoms with Gasteiger partial charge in [-0.3, -0.25) is 4.57 Å². The molecule has 2 bridgehead atoms. The molecule has 4 N–H and O–H groups in total. The molecule has 27 heavy (non-hydrogen) atoms. The Hall–Kier alpha value is -1.81. The van der Waals surface area contributed by atoms with Crippen LogP contribution < -0.4 is 5.32 Å². The summed E-state index contributed by atoms with van der Waals surface area (Å²) < 4.78 is 7.29. The van der Waals surface area contributed by atoms with Crippen molar-refractivity contribution in [3.8, 4) is 0 Å². The van der Waals surface area contributed by atoms with E-state index >= 15 is 0 Å². The summed E-state index contributed by atoms with van der Waals surface area (Å²) in [6, 6.07) is 0.417. The average molecular weight is 375 g/mol. The topological polar surface area (TPSA) is 126 Å². The van der Waals surface area contributed by atoms with Gasteiger partial charge >= 0.3 is 0 Å². The molecular weight excluding hydrogens is 350 g/mol. The first-order valence-corrected chi connectivity index (χ1v) is 9.60. The molecular formula is C18H25N5O4. The summed E-state index contributed by atoms with van der Waals surface area (Å²) in [5, 5.41) is 34.0. The van der Waals surface area contributed by atoms with Crippen LogP contribution in [0.1, 0.15) is 38.8 Å². The van der Waals surface area contributed by atoms with E-state index in [-0.39, 0.29) is 6.61 Å². The van der Waals surface area contributed by atoms with E-state index in [9.17, 15) is 15.3 Å². The SMILES string of the molecule is C[C@@]1(O)[C@@H](CO)O[C@@H](n2cnc3c(N[C@@H]4C[C@@H]5CC[C@@H]4C5)ncnc32)[C@@H]1O. The second-order valence-corrected chi connectivity index (χ2v) is 8.34. The second-order valence-electron chi connectivity index (χ2n) is 8.34. The van der Waals surface area contributed by atoms with E-state index in [1.54, 1.807) is 4.57 Å². The molecule has 0 unspecified atom stereocenters. The number of fused-ring (bicyclic) bond motifs is 3. The Morgan fingerprint density at radius 1 is 1.30 bits per heavy atom. The van der Waals surface area contributed by atoms with Crippen molar-refractivity contribution in [3.63, 3.8) is 0 Å². The molecule has 146 valence electrons. The van der Waals surface area contributed by atoms with Gasteiger partial charge in [0, 0.05) is 6.04 Å². The third-order valence-corrected chi connectivity index (χ3v) is 6.68. The van der Waals surface area contributed by atoms with Crippen molar-refractivity contribution >= 4 is 17.0 Å². The molecule has 2 aromatic heterocycles. The van der Waals surface area contributed by atoms with Gasteiger partial charge in [-0.1, -0.05) is 6.42 Å². The fourth-order valence-electron chi connectivity index (χ4n) is 5.05. The molecule has 2 aromatic rings. The molecule has 0 amide bonds. The second kappa shape index (κ2) is 6.10. The third-order valence-electron chi connectivity index (χ3n) is 6.68. The first-order chi connectivity index (χ1) is 13.0. The lowest BCUT2D eigenvalue weighted by atomic mass is 9.95. The number of ether oxygens (including phenoxy) is 1. The lowest BCUT2D eigenvalue weighted by molar-refractivity contribution is -0.0804. The number of hydrogen-bond donors (Lipinski definition) is 4. The number of aromatic nitrogens is 4. The van der Waals surface area contributed by atoms with Gasteiger partial charge in [-0.25, -0.2) is 15.0 Å². The molecule has 7 atom stereocenters. The highest BCUT2D eigenvalue weighted by Gasteiger charge is 2.53. The maximum atomic E-state index is 10.5. The highest BCUT2D eigenvalue weighted by Crippen LogP contribution is 2.46. The molecule has 5 rings (SSSR count). The largest absolute Gasteiger partial charge is 0.394 e. The summed E-state index contributed by atoms with van der Waals surface area (Å²) in [4.78, 5) is 13.1. The first-order valence-electron chi connectivity index (χ1n) is 9.60. The van der Waals surface area contributed by atoms with E-state index in [2.05, 4.69) is 20.3 Å². The molecule has 1 saturated heterocycles. The van der Waals surface area contributed by atoms with Gasteiger partial charge in [0.25, 0.3) is 0 Å². The molecule has 9 heteroatoms. The fraction of sp³-hybridized carbons (Fsp3) is 0.722. The molecule has 1 aliphatic heterocycles. The number of imidazole rings is 1. The zero-order chi connectivity index (χ0) is 18.8. The van der Waals surface area contributed by atoms with Crippen molar-refractivity contribution in [3.05, 3.63) is 12.7 Å². The van der Waals surface area contributed by atoms with Crippen molar-refractivity contribution in [2.24, 2.45) is 11.8 Å². The van der Waals surface area contributed by atoms with Gasteiger partial charge in [-0.15, -0.1) is 0 Å². The Morgan fingerprint density at radius 2 is 2.15 bits per heavy atom. The van der Waals surface area contributed by atoms with Gasteiger partial charge in [0.2, 0.25) is 0 Å². The summed E-state index contributed by atoms with van der Waals surface area (Å²) in [7, 11) is 0. The zero-order valence-electron chi connectivity index (χ0n) is 15.2. The van der Waals surface area contributed by atoms with Gasteiger partial charge in [-0.2, -0.15) is 0 Å². The maximum Gasteiger partial charge on any atom is 0.167 e. The molecule has 0 radical (unpaired) electrons. The summed E-state index contributed by atoms with van der Waals surface area (Å²) in [6.45, 7) is 1.06. The normalized spacial score (nSPS) is 40.9. The van der Waals surface area contributed by atoms with Crippen molar-refractivity contribution in [1.29, 1.82) is 0 Å². The Labute approximate surface area is 156 Å². The Morgan fingerprint density at radius 3 is 2.81 bits per heavy atom. The average Bonchev–Trinajstić information content (AvgIpc) is 3.40. The van der Waals surface area contributed by atoms with E-state index in [4.69, 9.17) is 4.74 Å². The first kappa shape index (κ1) is 17.3. The molecule has 2 aliphatic carbocycles. The van der Waals surface area contributed by atoms with E-state index in [0.29, 0.717) is 28.9 Å². The minimum absolute atomic E-state index is 0.390. The quantitative estimate of drug-likeness (QED) is 0.606. The van der Waals surface area contributed by atoms with Crippen LogP contribution >= 0.6 is 0 Å². The third kappa shape index (κ3) is 2.56. The molecule has 0 spiro atoms. The van der Waals surface area contributed by atoms with Gasteiger partial charge in [-0.05, 0) is 38.0 Å². The van der Waals surface area contributed by atoms with Crippen molar-refractivity contribution in [1.82, 2.24) is 19.5 Å². The molecule has 9 nitrogen and oxygen atoms in total. The fourth-order valence-corrected chi connectivity index (χ4v) is 5.05. The summed E-state index contributed by atoms with van der Waals surface area (Å²) >= 11 is 0. The Balaban J connectivity index is 1.46. The van der Waals surface area contributed by atoms with Crippen LogP contribution in [0.5, 0.6) is 0 Å². The lowest BCUT2D eigenvalue weighted by Crippen LogP contribution is -2.46. The minimum Gasteiger partial charge on any atom is -0.394 e. The molecule has 3 fully saturated rings. The van der Waals surface area contributed by atoms with Crippen LogP contribution in [0.3, 0.4) is 0 Å². The van der Waals surface area contributed by atoms with Crippen LogP contribution in [0.25, 0.3) is 11.2 Å². The highest BCUT2D eigenvalue weighted by atomic mass is 16.6. The van der Waals surface area contributed by atoms with Crippen LogP contribution in [0.2, 0.25) is 0 Å². The van der Waals surface area contributed by atoms with E-state index in [1.165, 1.54) is 45.3 Å². The monoisotopic (exact) mass is 375 g/mol. The van der Waals surface area contributed by atoms with Crippen LogP contribution in [0.4, 0.5) is 5.82 Å². The number of anilines is 1. The van der Waals surface area contributed by atoms with Crippen LogP contribution in [-0.2, 0) is 4.74 Å². The van der Waals surface area contributed by atoms with Gasteiger partial charge in [0.05, 0.1) is 12.9 Å². The zero-order valence-corrected chi connectivity index (χ0v) is 15.2. The van der Waals surface area contributed by atoms with Crippen LogP contribution in [-0.4, -0.2) is 65.3 Å². The van der Waals surface area contributed by atoms with E-state index in [0.717, 1.165) is 5.92 Å². The predicted octanol–water partition coefficient (Wildman–Crippen LogP) is 0.428. The maximum absolute atomic E-state index is 10.5. The summed E-state index contributed by atoms with van der Waals surface area (Å²) in [5.74, 6) is 2.21. The molecule has 3 aliphatic rings. The van der Waals surface area contributed by atoms with Gasteiger partial charge in [0.1, 0.15) is 24.1 Å². The van der Waals surface area contributed by atoms with E-state index in [1.807, 2.05) is 0 Å². The standard InChI is InChI=1S/C18H25N5O4/c1-18(26)12(6-24)27-17(14(18)25)23-8-21-13-15(19-7-20-16(13)23)22-11-5-9-2-3-10(11)4-9/h7-12,14,17,24-26H,2-6H2,1H3,(H,19,20,22)/t9-,10-,11-,12-,14+,17-,18-/m1/s1. The van der Waals surface area contributed by atoms with Gasteiger partial charge in [0.15, 0.2) is 23.2 Å². The molecule has 0 aromatic carbocycles. The van der Waals surface area contributed by atoms with Crippen molar-refractivity contribution in [2.75, 3.05) is 11.9 Å². The number of hydrogen-bond acceptors (Lipinski definition) is 8. The number of nitrogens with zero attached hydrogens (tertiary/aromatic N) is 4. The highest BCUT2D eigenvalue weighted by molar-refractivity contribution is 5.82. The van der Waals surface area contributed by atoms with Crippen molar-refractivity contribution in [2.45, 2.75) is 62.7 Å². The Kier molecular flexibility index (Phi) is 3.91. The van der Waals surface area contributed by atoms with Crippen molar-refractivity contribution < 1.29 is 20.1 Å². The molecule has 2 saturated carbocycles. The smallest absolute Gasteiger partial charge is 0.167 e. The number of nitrogens with one attached hydrogen (secondary N) is 1. The summed E-state index contributed by atoms with van der Waals surface area (Å²) in [5.41, 5.74) is -0.426. The van der Waals surface area contributed by atoms with E-state index < -0.39 is 24.0 Å². The lowest BCUT2D eigenvalue weighted by Gasteiger charge is -2.25. The number of aliphatic hydroxyl groups is 3. The van der Waals surface area contributed by atoms with Crippen LogP contribution in [0, 0.1) is 11.8 Å². The Bertz CT molecular complexity index is 855. The molecule has 3 heterocycles. The van der Waals surface area contributed by atoms with Gasteiger partial charge < -0.3 is 25.4 Å². The number of aliphatic hydroxyl groups excluding tert-OH is 2. The van der Waals surface area contributed by atoms with Crippen LogP contribution in [0.15, 0.2) is 12.7 Å². The predicted molar refractivity (Wildman–Crippen MR) is 95.8 cm³/mol.